The molecular weight excluding hydrogens is 264 g/mol. The van der Waals surface area contributed by atoms with E-state index in [0.717, 1.165) is 38.2 Å². The molecule has 21 heavy (non-hydrogen) atoms. The van der Waals surface area contributed by atoms with Gasteiger partial charge in [0.2, 0.25) is 0 Å². The Hall–Kier alpha value is -1.46. The molecule has 0 radical (unpaired) electrons. The smallest absolute Gasteiger partial charge is 0.272 e. The zero-order valence-electron chi connectivity index (χ0n) is 13.5. The third-order valence-corrected chi connectivity index (χ3v) is 3.75. The molecule has 118 valence electrons. The van der Waals surface area contributed by atoms with Crippen LogP contribution in [0.5, 0.6) is 0 Å². The Labute approximate surface area is 128 Å². The van der Waals surface area contributed by atoms with Crippen LogP contribution in [0, 0.1) is 0 Å². The lowest BCUT2D eigenvalue weighted by molar-refractivity contribution is 0.0751. The van der Waals surface area contributed by atoms with E-state index in [1.165, 1.54) is 0 Å². The van der Waals surface area contributed by atoms with E-state index in [0.29, 0.717) is 18.8 Å². The lowest BCUT2D eigenvalue weighted by atomic mass is 10.2. The molecule has 0 aromatic carbocycles. The van der Waals surface area contributed by atoms with Gasteiger partial charge in [0.1, 0.15) is 5.69 Å². The van der Waals surface area contributed by atoms with E-state index in [1.54, 1.807) is 12.3 Å². The quantitative estimate of drug-likeness (QED) is 0.753. The largest absolute Gasteiger partial charge is 0.338 e. The molecule has 2 N–H and O–H groups in total. The fourth-order valence-corrected chi connectivity index (χ4v) is 2.26. The number of amides is 1. The summed E-state index contributed by atoms with van der Waals surface area (Å²) in [6.45, 7) is 11.4. The summed E-state index contributed by atoms with van der Waals surface area (Å²) in [6.07, 6.45) is 2.67. The average Bonchev–Trinajstić information content (AvgIpc) is 2.55. The number of rotatable bonds is 9. The van der Waals surface area contributed by atoms with Gasteiger partial charge < -0.3 is 15.5 Å². The van der Waals surface area contributed by atoms with Crippen LogP contribution in [0.2, 0.25) is 0 Å². The van der Waals surface area contributed by atoms with Crippen LogP contribution >= 0.6 is 0 Å². The third kappa shape index (κ3) is 5.44. The van der Waals surface area contributed by atoms with Crippen LogP contribution in [0.3, 0.4) is 0 Å². The fraction of sp³-hybridized carbons (Fsp3) is 0.625. The first-order valence-electron chi connectivity index (χ1n) is 7.82. The van der Waals surface area contributed by atoms with Crippen LogP contribution in [0.15, 0.2) is 18.3 Å². The standard InChI is InChI=1S/C16H28N4O/c1-4-19(5-2)10-7-11-20(6-3)16(21)15-9-8-14(12-17)13-18-15/h8-9,13H,4-7,10-12,17H2,1-3H3. The van der Waals surface area contributed by atoms with Crippen molar-refractivity contribution < 1.29 is 4.79 Å². The topological polar surface area (TPSA) is 62.5 Å². The summed E-state index contributed by atoms with van der Waals surface area (Å²) in [7, 11) is 0. The van der Waals surface area contributed by atoms with Gasteiger partial charge in [-0.3, -0.25) is 9.78 Å². The van der Waals surface area contributed by atoms with Gasteiger partial charge in [-0.25, -0.2) is 0 Å². The molecule has 0 aliphatic heterocycles. The minimum atomic E-state index is 0.000573. The van der Waals surface area contributed by atoms with Gasteiger partial charge in [0.25, 0.3) is 5.91 Å². The minimum Gasteiger partial charge on any atom is -0.338 e. The van der Waals surface area contributed by atoms with Gasteiger partial charge in [-0.15, -0.1) is 0 Å². The number of carbonyl (C=O) groups is 1. The molecule has 1 aromatic rings. The second kappa shape index (κ2) is 9.47. The molecular formula is C16H28N4O. The van der Waals surface area contributed by atoms with E-state index in [9.17, 15) is 4.79 Å². The predicted octanol–water partition coefficient (Wildman–Crippen LogP) is 1.73. The lowest BCUT2D eigenvalue weighted by Gasteiger charge is -2.23. The summed E-state index contributed by atoms with van der Waals surface area (Å²) < 4.78 is 0. The SMILES string of the molecule is CCN(CC)CCCN(CC)C(=O)c1ccc(CN)cn1. The highest BCUT2D eigenvalue weighted by molar-refractivity contribution is 5.92. The molecule has 5 heteroatoms. The molecule has 1 rings (SSSR count). The molecule has 5 nitrogen and oxygen atoms in total. The van der Waals surface area contributed by atoms with Gasteiger partial charge in [-0.05, 0) is 44.6 Å². The molecule has 0 unspecified atom stereocenters. The van der Waals surface area contributed by atoms with Crippen LogP contribution in [0.1, 0.15) is 43.2 Å². The van der Waals surface area contributed by atoms with Crippen molar-refractivity contribution in [3.63, 3.8) is 0 Å². The van der Waals surface area contributed by atoms with Crippen molar-refractivity contribution >= 4 is 5.91 Å². The number of pyridine rings is 1. The molecule has 1 amide bonds. The van der Waals surface area contributed by atoms with E-state index >= 15 is 0 Å². The van der Waals surface area contributed by atoms with Gasteiger partial charge >= 0.3 is 0 Å². The second-order valence-corrected chi connectivity index (χ2v) is 5.02. The Kier molecular flexibility index (Phi) is 7.93. The molecule has 1 heterocycles. The predicted molar refractivity (Wildman–Crippen MR) is 86.1 cm³/mol. The number of hydrogen-bond acceptors (Lipinski definition) is 4. The van der Waals surface area contributed by atoms with E-state index < -0.39 is 0 Å². The van der Waals surface area contributed by atoms with Crippen molar-refractivity contribution in [2.75, 3.05) is 32.7 Å². The first-order valence-corrected chi connectivity index (χ1v) is 7.82. The van der Waals surface area contributed by atoms with Crippen molar-refractivity contribution in [1.29, 1.82) is 0 Å². The van der Waals surface area contributed by atoms with Crippen molar-refractivity contribution in [2.24, 2.45) is 5.73 Å². The van der Waals surface area contributed by atoms with E-state index in [-0.39, 0.29) is 5.91 Å². The summed E-state index contributed by atoms with van der Waals surface area (Å²) >= 11 is 0. The Morgan fingerprint density at radius 2 is 1.86 bits per heavy atom. The van der Waals surface area contributed by atoms with E-state index in [4.69, 9.17) is 5.73 Å². The van der Waals surface area contributed by atoms with E-state index in [1.807, 2.05) is 17.9 Å². The van der Waals surface area contributed by atoms with Crippen LogP contribution in [-0.4, -0.2) is 53.4 Å². The van der Waals surface area contributed by atoms with Crippen molar-refractivity contribution in [1.82, 2.24) is 14.8 Å². The number of hydrogen-bond donors (Lipinski definition) is 1. The maximum absolute atomic E-state index is 12.4. The molecule has 0 aliphatic carbocycles. The first-order chi connectivity index (χ1) is 10.2. The summed E-state index contributed by atoms with van der Waals surface area (Å²) in [6, 6.07) is 3.63. The third-order valence-electron chi connectivity index (χ3n) is 3.75. The highest BCUT2D eigenvalue weighted by Crippen LogP contribution is 2.05. The summed E-state index contributed by atoms with van der Waals surface area (Å²) in [4.78, 5) is 20.8. The van der Waals surface area contributed by atoms with Crippen LogP contribution in [0.25, 0.3) is 0 Å². The minimum absolute atomic E-state index is 0.000573. The number of carbonyl (C=O) groups excluding carboxylic acids is 1. The molecule has 1 aromatic heterocycles. The van der Waals surface area contributed by atoms with Gasteiger partial charge in [0, 0.05) is 25.8 Å². The summed E-state index contributed by atoms with van der Waals surface area (Å²) in [5, 5.41) is 0. The first kappa shape index (κ1) is 17.6. The van der Waals surface area contributed by atoms with Gasteiger partial charge in [0.05, 0.1) is 0 Å². The highest BCUT2D eigenvalue weighted by Gasteiger charge is 2.15. The van der Waals surface area contributed by atoms with Gasteiger partial charge in [0.15, 0.2) is 0 Å². The maximum Gasteiger partial charge on any atom is 0.272 e. The molecule has 0 bridgehead atoms. The van der Waals surface area contributed by atoms with Gasteiger partial charge in [-0.2, -0.15) is 0 Å². The molecule has 0 atom stereocenters. The average molecular weight is 292 g/mol. The Bertz CT molecular complexity index is 415. The molecule has 0 fully saturated rings. The molecule has 0 spiro atoms. The van der Waals surface area contributed by atoms with Crippen LogP contribution < -0.4 is 5.73 Å². The van der Waals surface area contributed by atoms with Crippen molar-refractivity contribution in [2.45, 2.75) is 33.7 Å². The monoisotopic (exact) mass is 292 g/mol. The number of aromatic nitrogens is 1. The second-order valence-electron chi connectivity index (χ2n) is 5.02. The molecule has 0 saturated heterocycles. The fourth-order valence-electron chi connectivity index (χ4n) is 2.26. The Morgan fingerprint density at radius 1 is 1.14 bits per heavy atom. The molecule has 0 aliphatic rings. The van der Waals surface area contributed by atoms with Gasteiger partial charge in [-0.1, -0.05) is 19.9 Å². The normalized spacial score (nSPS) is 10.9. The van der Waals surface area contributed by atoms with E-state index in [2.05, 4.69) is 23.7 Å². The highest BCUT2D eigenvalue weighted by atomic mass is 16.2. The summed E-state index contributed by atoms with van der Waals surface area (Å²) in [5.74, 6) is 0.000573. The summed E-state index contributed by atoms with van der Waals surface area (Å²) in [5.41, 5.74) is 6.98. The molecule has 0 saturated carbocycles. The van der Waals surface area contributed by atoms with Crippen LogP contribution in [0.4, 0.5) is 0 Å². The zero-order valence-corrected chi connectivity index (χ0v) is 13.5. The van der Waals surface area contributed by atoms with Crippen molar-refractivity contribution in [3.8, 4) is 0 Å². The number of nitrogens with two attached hydrogens (primary N) is 1. The Balaban J connectivity index is 2.55. The Morgan fingerprint density at radius 3 is 2.33 bits per heavy atom. The number of nitrogens with zero attached hydrogens (tertiary/aromatic N) is 3. The van der Waals surface area contributed by atoms with Crippen LogP contribution in [-0.2, 0) is 6.54 Å². The lowest BCUT2D eigenvalue weighted by Crippen LogP contribution is -2.34. The zero-order chi connectivity index (χ0) is 15.7. The van der Waals surface area contributed by atoms with Crippen molar-refractivity contribution in [3.05, 3.63) is 29.6 Å². The maximum atomic E-state index is 12.4.